The molecule has 5 rings (SSSR count). The number of carbonyl (C=O) groups is 1. The number of carbonyl (C=O) groups excluding carboxylic acids is 1. The number of unbranched alkanes of at least 4 members (excludes halogenated alkanes) is 5. The Hall–Kier alpha value is -2.05. The van der Waals surface area contributed by atoms with Gasteiger partial charge >= 0.3 is 5.97 Å². The van der Waals surface area contributed by atoms with Gasteiger partial charge in [-0.05, 0) is 135 Å². The molecule has 47 heavy (non-hydrogen) atoms. The Labute approximate surface area is 288 Å². The lowest BCUT2D eigenvalue weighted by Crippen LogP contribution is -2.51. The van der Waals surface area contributed by atoms with E-state index in [1.165, 1.54) is 89.9 Å². The Morgan fingerprint density at radius 1 is 0.872 bits per heavy atom. The lowest BCUT2D eigenvalue weighted by molar-refractivity contribution is -0.0641. The third-order valence-corrected chi connectivity index (χ3v) is 13.7. The molecular weight excluding hydrogens is 576 g/mol. The molecule has 0 amide bonds. The van der Waals surface area contributed by atoms with Crippen LogP contribution in [0, 0.1) is 58.7 Å². The van der Waals surface area contributed by atoms with E-state index >= 15 is 0 Å². The Morgan fingerprint density at radius 2 is 1.60 bits per heavy atom. The van der Waals surface area contributed by atoms with Crippen molar-refractivity contribution in [1.29, 1.82) is 0 Å². The van der Waals surface area contributed by atoms with Crippen molar-refractivity contribution in [3.63, 3.8) is 0 Å². The molecule has 4 aliphatic rings. The van der Waals surface area contributed by atoms with Crippen molar-refractivity contribution >= 4 is 5.97 Å². The Kier molecular flexibility index (Phi) is 12.8. The molecule has 0 N–H and O–H groups in total. The first-order chi connectivity index (χ1) is 22.7. The minimum Gasteiger partial charge on any atom is -0.462 e. The Balaban J connectivity index is 0.974. The van der Waals surface area contributed by atoms with Crippen LogP contribution < -0.4 is 0 Å². The van der Waals surface area contributed by atoms with Gasteiger partial charge in [0.05, 0.1) is 18.3 Å². The van der Waals surface area contributed by atoms with E-state index in [2.05, 4.69) is 46.6 Å². The number of benzene rings is 1. The maximum Gasteiger partial charge on any atom is 0.338 e. The number of hydrogen-bond donors (Lipinski definition) is 0. The summed E-state index contributed by atoms with van der Waals surface area (Å²) < 4.78 is 11.9. The molecule has 3 nitrogen and oxygen atoms in total. The van der Waals surface area contributed by atoms with Crippen LogP contribution in [0.5, 0.6) is 0 Å². The van der Waals surface area contributed by atoms with Crippen molar-refractivity contribution in [3.05, 3.63) is 47.0 Å². The van der Waals surface area contributed by atoms with E-state index in [-0.39, 0.29) is 5.97 Å². The molecule has 0 heterocycles. The summed E-state index contributed by atoms with van der Waals surface area (Å²) in [5.74, 6) is 7.71. The fourth-order valence-electron chi connectivity index (χ4n) is 10.9. The predicted molar refractivity (Wildman–Crippen MR) is 195 cm³/mol. The first kappa shape index (κ1) is 36.2. The van der Waals surface area contributed by atoms with Crippen LogP contribution in [-0.2, 0) is 9.47 Å². The minimum absolute atomic E-state index is 0.265. The van der Waals surface area contributed by atoms with Gasteiger partial charge in [0.15, 0.2) is 0 Å². The number of fused-ring (bicyclic) bond motifs is 5. The van der Waals surface area contributed by atoms with Gasteiger partial charge in [-0.2, -0.15) is 0 Å². The highest BCUT2D eigenvalue weighted by molar-refractivity contribution is 5.89. The van der Waals surface area contributed by atoms with Gasteiger partial charge in [0, 0.05) is 12.2 Å². The molecule has 1 aromatic carbocycles. The highest BCUT2D eigenvalue weighted by Gasteiger charge is 2.59. The molecule has 0 bridgehead atoms. The van der Waals surface area contributed by atoms with Crippen molar-refractivity contribution in [2.75, 3.05) is 13.2 Å². The van der Waals surface area contributed by atoms with Gasteiger partial charge in [0.1, 0.15) is 0 Å². The van der Waals surface area contributed by atoms with Gasteiger partial charge in [-0.1, -0.05) is 97.1 Å². The minimum atomic E-state index is -0.265. The number of esters is 1. The van der Waals surface area contributed by atoms with E-state index in [9.17, 15) is 4.79 Å². The van der Waals surface area contributed by atoms with Crippen LogP contribution in [0.25, 0.3) is 0 Å². The normalized spacial score (nSPS) is 32.1. The first-order valence-corrected chi connectivity index (χ1v) is 19.7. The van der Waals surface area contributed by atoms with E-state index in [1.807, 2.05) is 0 Å². The second-order valence-electron chi connectivity index (χ2n) is 17.0. The van der Waals surface area contributed by atoms with Crippen LogP contribution in [0.2, 0.25) is 0 Å². The van der Waals surface area contributed by atoms with Crippen molar-refractivity contribution in [1.82, 2.24) is 0 Å². The molecular formula is C44H66O3. The van der Waals surface area contributed by atoms with E-state index in [4.69, 9.17) is 15.9 Å². The molecule has 260 valence electrons. The van der Waals surface area contributed by atoms with Crippen LogP contribution in [0.15, 0.2) is 35.9 Å². The molecule has 8 atom stereocenters. The smallest absolute Gasteiger partial charge is 0.338 e. The van der Waals surface area contributed by atoms with Crippen LogP contribution in [-0.4, -0.2) is 25.3 Å². The summed E-state index contributed by atoms with van der Waals surface area (Å²) in [7, 11) is 0. The van der Waals surface area contributed by atoms with Crippen molar-refractivity contribution in [2.24, 2.45) is 46.3 Å². The van der Waals surface area contributed by atoms with E-state index in [1.54, 1.807) is 29.8 Å². The highest BCUT2D eigenvalue weighted by Crippen LogP contribution is 2.67. The molecule has 0 spiro atoms. The summed E-state index contributed by atoms with van der Waals surface area (Å²) >= 11 is 0. The molecule has 0 aromatic heterocycles. The standard InChI is InChI=1S/C44H66O3/c1-7-34-17-19-35(20-18-34)42(45)47-30-13-11-9-8-10-12-29-46-37-25-27-43(5)36(31-37)21-22-38-40-24-23-39(33(4)16-14-15-32(2)3)44(40,6)28-26-41(38)43/h1,17-21,32-33,37-41H,8-16,22-31H2,2-6H3/t33-,37?,38+,39-,40+,41+,43+,44-/m1/s1. The molecule has 3 saturated carbocycles. The first-order valence-electron chi connectivity index (χ1n) is 19.7. The van der Waals surface area contributed by atoms with E-state index in [0.717, 1.165) is 66.9 Å². The molecule has 4 aliphatic carbocycles. The zero-order valence-corrected chi connectivity index (χ0v) is 30.7. The zero-order chi connectivity index (χ0) is 33.4. The van der Waals surface area contributed by atoms with Gasteiger partial charge in [0.2, 0.25) is 0 Å². The maximum absolute atomic E-state index is 12.2. The average molecular weight is 643 g/mol. The van der Waals surface area contributed by atoms with Gasteiger partial charge in [-0.25, -0.2) is 4.79 Å². The average Bonchev–Trinajstić information content (AvgIpc) is 3.42. The number of rotatable bonds is 16. The number of ether oxygens (including phenoxy) is 2. The zero-order valence-electron chi connectivity index (χ0n) is 30.7. The van der Waals surface area contributed by atoms with Crippen LogP contribution in [0.3, 0.4) is 0 Å². The van der Waals surface area contributed by atoms with E-state index < -0.39 is 0 Å². The molecule has 1 aromatic rings. The summed E-state index contributed by atoms with van der Waals surface area (Å²) in [6.45, 7) is 14.1. The van der Waals surface area contributed by atoms with Gasteiger partial charge in [0.25, 0.3) is 0 Å². The Morgan fingerprint density at radius 3 is 2.32 bits per heavy atom. The molecule has 0 aliphatic heterocycles. The molecule has 0 radical (unpaired) electrons. The number of hydrogen-bond acceptors (Lipinski definition) is 3. The van der Waals surface area contributed by atoms with Gasteiger partial charge in [-0.3, -0.25) is 0 Å². The predicted octanol–water partition coefficient (Wildman–Crippen LogP) is 11.6. The van der Waals surface area contributed by atoms with Crippen LogP contribution in [0.1, 0.15) is 160 Å². The summed E-state index contributed by atoms with van der Waals surface area (Å²) in [5, 5.41) is 0. The van der Waals surface area contributed by atoms with Crippen molar-refractivity contribution in [3.8, 4) is 12.3 Å². The van der Waals surface area contributed by atoms with Crippen LogP contribution >= 0.6 is 0 Å². The topological polar surface area (TPSA) is 35.5 Å². The third-order valence-electron chi connectivity index (χ3n) is 13.7. The largest absolute Gasteiger partial charge is 0.462 e. The fourth-order valence-corrected chi connectivity index (χ4v) is 10.9. The summed E-state index contributed by atoms with van der Waals surface area (Å²) in [6, 6.07) is 7.02. The third kappa shape index (κ3) is 8.58. The lowest BCUT2D eigenvalue weighted by atomic mass is 9.47. The second kappa shape index (κ2) is 16.6. The second-order valence-corrected chi connectivity index (χ2v) is 17.0. The summed E-state index contributed by atoms with van der Waals surface area (Å²) in [4.78, 5) is 12.2. The molecule has 0 saturated heterocycles. The fraction of sp³-hybridized carbons (Fsp3) is 0.750. The van der Waals surface area contributed by atoms with Crippen molar-refractivity contribution in [2.45, 2.75) is 150 Å². The number of allylic oxidation sites excluding steroid dienone is 1. The van der Waals surface area contributed by atoms with Crippen LogP contribution in [0.4, 0.5) is 0 Å². The lowest BCUT2D eigenvalue weighted by Gasteiger charge is -2.58. The molecule has 3 fully saturated rings. The maximum atomic E-state index is 12.2. The number of terminal acetylenes is 1. The SMILES string of the molecule is C#Cc1ccc(C(=O)OCCCCCCCCOC2CC[C@@]3(C)C(=CC[C@H]4[C@@H]5CC[C@H]([C@H](C)CCCC(C)C)[C@@]5(C)CC[C@@H]43)C2)cc1. The quantitative estimate of drug-likeness (QED) is 0.0779. The summed E-state index contributed by atoms with van der Waals surface area (Å²) in [6.07, 6.45) is 30.5. The molecule has 1 unspecified atom stereocenters. The van der Waals surface area contributed by atoms with E-state index in [0.29, 0.717) is 29.1 Å². The Bertz CT molecular complexity index is 1220. The van der Waals surface area contributed by atoms with Gasteiger partial charge < -0.3 is 9.47 Å². The molecule has 3 heteroatoms. The van der Waals surface area contributed by atoms with Gasteiger partial charge in [-0.15, -0.1) is 6.42 Å². The highest BCUT2D eigenvalue weighted by atomic mass is 16.5. The monoisotopic (exact) mass is 643 g/mol. The van der Waals surface area contributed by atoms with Crippen molar-refractivity contribution < 1.29 is 14.3 Å². The summed E-state index contributed by atoms with van der Waals surface area (Å²) in [5.41, 5.74) is 4.07.